The fraction of sp³-hybridized carbons (Fsp3) is 0.300. The van der Waals surface area contributed by atoms with Crippen molar-refractivity contribution in [3.8, 4) is 5.75 Å². The second-order valence-corrected chi connectivity index (χ2v) is 6.52. The summed E-state index contributed by atoms with van der Waals surface area (Å²) in [4.78, 5) is 24.0. The Morgan fingerprint density at radius 3 is 2.31 bits per heavy atom. The van der Waals surface area contributed by atoms with Crippen LogP contribution in [0.25, 0.3) is 0 Å². The van der Waals surface area contributed by atoms with E-state index in [2.05, 4.69) is 16.0 Å². The predicted octanol–water partition coefficient (Wildman–Crippen LogP) is 3.68. The van der Waals surface area contributed by atoms with E-state index in [0.29, 0.717) is 23.2 Å². The Balaban J connectivity index is 1.50. The largest absolute Gasteiger partial charge is 0.481 e. The van der Waals surface area contributed by atoms with Gasteiger partial charge in [-0.3, -0.25) is 4.79 Å². The fourth-order valence-corrected chi connectivity index (χ4v) is 2.41. The summed E-state index contributed by atoms with van der Waals surface area (Å²) in [7, 11) is 0. The second-order valence-electron chi connectivity index (χ2n) is 6.52. The van der Waals surface area contributed by atoms with Gasteiger partial charge >= 0.3 is 6.03 Å². The highest BCUT2D eigenvalue weighted by Gasteiger charge is 2.23. The third-order valence-corrected chi connectivity index (χ3v) is 3.99. The van der Waals surface area contributed by atoms with Gasteiger partial charge in [-0.1, -0.05) is 12.1 Å². The molecule has 6 nitrogen and oxygen atoms in total. The molecule has 0 radical (unpaired) electrons. The average molecular weight is 353 g/mol. The number of nitrogens with one attached hydrogen (secondary N) is 3. The van der Waals surface area contributed by atoms with Crippen molar-refractivity contribution in [3.05, 3.63) is 54.1 Å². The summed E-state index contributed by atoms with van der Waals surface area (Å²) >= 11 is 0. The minimum atomic E-state index is -0.626. The Hall–Kier alpha value is -3.02. The lowest BCUT2D eigenvalue weighted by molar-refractivity contribution is -0.122. The van der Waals surface area contributed by atoms with Gasteiger partial charge < -0.3 is 20.7 Å². The lowest BCUT2D eigenvalue weighted by Crippen LogP contribution is -2.30. The molecule has 0 saturated heterocycles. The lowest BCUT2D eigenvalue weighted by atomic mass is 10.2. The molecule has 0 bridgehead atoms. The van der Waals surface area contributed by atoms with Crippen LogP contribution in [0.2, 0.25) is 0 Å². The molecule has 0 aliphatic heterocycles. The van der Waals surface area contributed by atoms with Gasteiger partial charge in [-0.25, -0.2) is 4.79 Å². The second kappa shape index (κ2) is 7.91. The summed E-state index contributed by atoms with van der Waals surface area (Å²) < 4.78 is 5.67. The van der Waals surface area contributed by atoms with Crippen molar-refractivity contribution in [1.82, 2.24) is 5.32 Å². The van der Waals surface area contributed by atoms with Crippen LogP contribution in [0.15, 0.2) is 48.5 Å². The molecule has 1 atom stereocenters. The van der Waals surface area contributed by atoms with Crippen molar-refractivity contribution in [2.45, 2.75) is 38.8 Å². The molecule has 3 rings (SSSR count). The van der Waals surface area contributed by atoms with E-state index in [1.165, 1.54) is 0 Å². The van der Waals surface area contributed by atoms with E-state index in [9.17, 15) is 9.59 Å². The van der Waals surface area contributed by atoms with Gasteiger partial charge in [0.1, 0.15) is 5.75 Å². The van der Waals surface area contributed by atoms with Gasteiger partial charge in [0, 0.05) is 17.4 Å². The molecule has 2 aromatic carbocycles. The number of carbonyl (C=O) groups is 2. The number of urea groups is 1. The maximum atomic E-state index is 12.3. The summed E-state index contributed by atoms with van der Waals surface area (Å²) in [6.45, 7) is 3.67. The molecule has 6 heteroatoms. The van der Waals surface area contributed by atoms with Gasteiger partial charge in [0.15, 0.2) is 6.10 Å². The summed E-state index contributed by atoms with van der Waals surface area (Å²) in [5.74, 6) is 0.424. The van der Waals surface area contributed by atoms with E-state index in [1.54, 1.807) is 31.2 Å². The number of amides is 3. The average Bonchev–Trinajstić information content (AvgIpc) is 3.40. The topological polar surface area (TPSA) is 79.5 Å². The normalized spacial score (nSPS) is 14.2. The first-order valence-electron chi connectivity index (χ1n) is 8.71. The van der Waals surface area contributed by atoms with Crippen LogP contribution in [-0.2, 0) is 4.79 Å². The molecule has 3 N–H and O–H groups in total. The molecule has 0 spiro atoms. The zero-order valence-electron chi connectivity index (χ0n) is 14.9. The van der Waals surface area contributed by atoms with Crippen LogP contribution in [0.5, 0.6) is 5.75 Å². The molecule has 1 saturated carbocycles. The number of benzene rings is 2. The molecule has 26 heavy (non-hydrogen) atoms. The quantitative estimate of drug-likeness (QED) is 0.741. The number of ether oxygens (including phenoxy) is 1. The first-order valence-corrected chi connectivity index (χ1v) is 8.71. The number of anilines is 2. The van der Waals surface area contributed by atoms with Gasteiger partial charge in [-0.2, -0.15) is 0 Å². The van der Waals surface area contributed by atoms with Crippen LogP contribution in [0.4, 0.5) is 16.2 Å². The van der Waals surface area contributed by atoms with Crippen LogP contribution in [-0.4, -0.2) is 24.1 Å². The van der Waals surface area contributed by atoms with E-state index in [0.717, 1.165) is 18.4 Å². The fourth-order valence-electron chi connectivity index (χ4n) is 2.41. The molecule has 1 unspecified atom stereocenters. The Bertz CT molecular complexity index is 785. The third-order valence-electron chi connectivity index (χ3n) is 3.99. The molecule has 0 heterocycles. The monoisotopic (exact) mass is 353 g/mol. The van der Waals surface area contributed by atoms with Gasteiger partial charge in [-0.15, -0.1) is 0 Å². The van der Waals surface area contributed by atoms with Crippen molar-refractivity contribution >= 4 is 23.3 Å². The van der Waals surface area contributed by atoms with Crippen molar-refractivity contribution in [2.24, 2.45) is 0 Å². The number of rotatable bonds is 6. The Kier molecular flexibility index (Phi) is 5.41. The number of aryl methyl sites for hydroxylation is 1. The van der Waals surface area contributed by atoms with Crippen molar-refractivity contribution in [2.75, 3.05) is 10.6 Å². The van der Waals surface area contributed by atoms with Crippen LogP contribution in [0.3, 0.4) is 0 Å². The third kappa shape index (κ3) is 5.24. The maximum Gasteiger partial charge on any atom is 0.319 e. The van der Waals surface area contributed by atoms with Crippen LogP contribution < -0.4 is 20.7 Å². The maximum absolute atomic E-state index is 12.3. The van der Waals surface area contributed by atoms with Gasteiger partial charge in [-0.05, 0) is 68.7 Å². The minimum Gasteiger partial charge on any atom is -0.481 e. The minimum absolute atomic E-state index is 0.204. The van der Waals surface area contributed by atoms with E-state index < -0.39 is 6.10 Å². The molecule has 2 aromatic rings. The Morgan fingerprint density at radius 1 is 1.04 bits per heavy atom. The lowest BCUT2D eigenvalue weighted by Gasteiger charge is -2.15. The molecule has 3 amide bonds. The summed E-state index contributed by atoms with van der Waals surface area (Å²) in [5.41, 5.74) is 2.39. The SMILES string of the molecule is Cc1cccc(OC(C)C(=O)Nc2ccc(NC(=O)NC3CC3)cc2)c1. The Morgan fingerprint density at radius 2 is 1.69 bits per heavy atom. The van der Waals surface area contributed by atoms with Crippen LogP contribution in [0, 0.1) is 6.92 Å². The summed E-state index contributed by atoms with van der Waals surface area (Å²) in [5, 5.41) is 8.43. The molecule has 1 aliphatic rings. The van der Waals surface area contributed by atoms with Crippen molar-refractivity contribution in [1.29, 1.82) is 0 Å². The van der Waals surface area contributed by atoms with Crippen molar-refractivity contribution in [3.63, 3.8) is 0 Å². The van der Waals surface area contributed by atoms with Crippen molar-refractivity contribution < 1.29 is 14.3 Å². The van der Waals surface area contributed by atoms with Gasteiger partial charge in [0.2, 0.25) is 0 Å². The predicted molar refractivity (Wildman–Crippen MR) is 102 cm³/mol. The standard InChI is InChI=1S/C20H23N3O3/c1-13-4-3-5-18(12-13)26-14(2)19(24)21-15-6-8-16(9-7-15)22-20(25)23-17-10-11-17/h3-9,12,14,17H,10-11H2,1-2H3,(H,21,24)(H2,22,23,25). The molecular weight excluding hydrogens is 330 g/mol. The number of carbonyl (C=O) groups excluding carboxylic acids is 2. The Labute approximate surface area is 152 Å². The van der Waals surface area contributed by atoms with E-state index in [4.69, 9.17) is 4.74 Å². The highest BCUT2D eigenvalue weighted by molar-refractivity contribution is 5.95. The summed E-state index contributed by atoms with van der Waals surface area (Å²) in [6, 6.07) is 14.6. The van der Waals surface area contributed by atoms with Gasteiger partial charge in [0.05, 0.1) is 0 Å². The molecule has 136 valence electrons. The first kappa shape index (κ1) is 17.8. The highest BCUT2D eigenvalue weighted by Crippen LogP contribution is 2.19. The summed E-state index contributed by atoms with van der Waals surface area (Å²) in [6.07, 6.45) is 1.46. The van der Waals surface area contributed by atoms with Crippen LogP contribution in [0.1, 0.15) is 25.3 Å². The molecule has 1 fully saturated rings. The van der Waals surface area contributed by atoms with E-state index in [-0.39, 0.29) is 11.9 Å². The van der Waals surface area contributed by atoms with Crippen LogP contribution >= 0.6 is 0 Å². The first-order chi connectivity index (χ1) is 12.5. The number of hydrogen-bond donors (Lipinski definition) is 3. The van der Waals surface area contributed by atoms with E-state index >= 15 is 0 Å². The van der Waals surface area contributed by atoms with Gasteiger partial charge in [0.25, 0.3) is 5.91 Å². The highest BCUT2D eigenvalue weighted by atomic mass is 16.5. The number of hydrogen-bond acceptors (Lipinski definition) is 3. The van der Waals surface area contributed by atoms with E-state index in [1.807, 2.05) is 31.2 Å². The zero-order chi connectivity index (χ0) is 18.5. The molecule has 0 aromatic heterocycles. The smallest absolute Gasteiger partial charge is 0.319 e. The zero-order valence-corrected chi connectivity index (χ0v) is 14.9. The molecule has 1 aliphatic carbocycles. The molecular formula is C20H23N3O3.